The molecule has 0 rings (SSSR count). The Bertz CT molecular complexity index is 116. The number of rotatable bonds is 0. The average molecular weight is 140 g/mol. The highest BCUT2D eigenvalue weighted by Gasteiger charge is 2.20. The van der Waals surface area contributed by atoms with Crippen molar-refractivity contribution in [1.82, 2.24) is 0 Å². The minimum Gasteiger partial charge on any atom is -0.810 e. The zero-order valence-electron chi connectivity index (χ0n) is 7.95. The summed E-state index contributed by atoms with van der Waals surface area (Å²) < 4.78 is 0. The summed E-state index contributed by atoms with van der Waals surface area (Å²) in [6, 6.07) is 0. The lowest BCUT2D eigenvalue weighted by atomic mass is 9.75. The van der Waals surface area contributed by atoms with Crippen molar-refractivity contribution >= 4 is 5.71 Å². The monoisotopic (exact) mass is 140 g/mol. The molecule has 0 N–H and O–H groups in total. The van der Waals surface area contributed by atoms with Gasteiger partial charge >= 0.3 is 0 Å². The smallest absolute Gasteiger partial charge is 0.0383 e. The summed E-state index contributed by atoms with van der Waals surface area (Å²) in [6.45, 7) is 12.1. The Kier molecular flexibility index (Phi) is 2.29. The molecule has 0 amide bonds. The van der Waals surface area contributed by atoms with E-state index in [0.717, 1.165) is 0 Å². The summed E-state index contributed by atoms with van der Waals surface area (Å²) in [5.74, 6) is 0. The Morgan fingerprint density at radius 1 is 0.800 bits per heavy atom. The van der Waals surface area contributed by atoms with Crippen LogP contribution in [0.15, 0.2) is 0 Å². The van der Waals surface area contributed by atoms with E-state index in [0.29, 0.717) is 5.71 Å². The quantitative estimate of drug-likeness (QED) is 0.461. The van der Waals surface area contributed by atoms with Crippen molar-refractivity contribution in [1.29, 1.82) is 0 Å². The van der Waals surface area contributed by atoms with E-state index in [9.17, 15) is 5.41 Å². The minimum atomic E-state index is -0.0851. The van der Waals surface area contributed by atoms with Crippen LogP contribution in [0, 0.1) is 10.8 Å². The van der Waals surface area contributed by atoms with Crippen LogP contribution in [-0.4, -0.2) is 5.71 Å². The zero-order chi connectivity index (χ0) is 8.58. The summed E-state index contributed by atoms with van der Waals surface area (Å²) >= 11 is 0. The van der Waals surface area contributed by atoms with Crippen molar-refractivity contribution in [2.75, 3.05) is 0 Å². The van der Waals surface area contributed by atoms with Crippen LogP contribution in [0.2, 0.25) is 0 Å². The van der Waals surface area contributed by atoms with Crippen LogP contribution in [0.3, 0.4) is 0 Å². The minimum absolute atomic E-state index is 0.0851. The highest BCUT2D eigenvalue weighted by Crippen LogP contribution is 2.28. The van der Waals surface area contributed by atoms with Gasteiger partial charge in [0, 0.05) is 0 Å². The van der Waals surface area contributed by atoms with Gasteiger partial charge < -0.3 is 5.41 Å². The molecule has 0 aliphatic heterocycles. The lowest BCUT2D eigenvalue weighted by Crippen LogP contribution is -2.31. The van der Waals surface area contributed by atoms with Crippen molar-refractivity contribution in [3.8, 4) is 0 Å². The highest BCUT2D eigenvalue weighted by molar-refractivity contribution is 5.96. The van der Waals surface area contributed by atoms with Crippen LogP contribution in [0.25, 0.3) is 5.41 Å². The molecule has 0 aliphatic rings. The molecule has 0 aromatic rings. The SMILES string of the molecule is CC(C)(C)C(=[N-])C(C)(C)C. The molecule has 10 heavy (non-hydrogen) atoms. The van der Waals surface area contributed by atoms with Gasteiger partial charge in [0.05, 0.1) is 0 Å². The first-order chi connectivity index (χ1) is 4.15. The van der Waals surface area contributed by atoms with Gasteiger partial charge in [-0.05, 0) is 10.8 Å². The second kappa shape index (κ2) is 2.37. The Labute approximate surface area is 64.3 Å². The molecule has 0 radical (unpaired) electrons. The van der Waals surface area contributed by atoms with E-state index in [1.54, 1.807) is 0 Å². The first-order valence-corrected chi connectivity index (χ1v) is 3.72. The van der Waals surface area contributed by atoms with Crippen LogP contribution >= 0.6 is 0 Å². The maximum Gasteiger partial charge on any atom is -0.0383 e. The molecule has 0 fully saturated rings. The molecule has 0 saturated carbocycles. The van der Waals surface area contributed by atoms with E-state index >= 15 is 0 Å². The van der Waals surface area contributed by atoms with Crippen molar-refractivity contribution in [3.05, 3.63) is 5.41 Å². The van der Waals surface area contributed by atoms with Crippen molar-refractivity contribution in [2.24, 2.45) is 10.8 Å². The Morgan fingerprint density at radius 3 is 1.00 bits per heavy atom. The molecule has 0 aromatic carbocycles. The number of hydrogen-bond acceptors (Lipinski definition) is 0. The van der Waals surface area contributed by atoms with Gasteiger partial charge in [-0.3, -0.25) is 0 Å². The Balaban J connectivity index is 4.40. The van der Waals surface area contributed by atoms with Gasteiger partial charge in [-0.25, -0.2) is 0 Å². The molecule has 0 atom stereocenters. The molecule has 0 saturated heterocycles. The third kappa shape index (κ3) is 2.51. The van der Waals surface area contributed by atoms with Crippen molar-refractivity contribution < 1.29 is 0 Å². The number of nitrogens with zero attached hydrogens (tertiary/aromatic N) is 1. The average Bonchev–Trinajstić information content (AvgIpc) is 1.59. The summed E-state index contributed by atoms with van der Waals surface area (Å²) in [7, 11) is 0. The van der Waals surface area contributed by atoms with Crippen molar-refractivity contribution in [2.45, 2.75) is 41.5 Å². The lowest BCUT2D eigenvalue weighted by molar-refractivity contribution is 0.487. The topological polar surface area (TPSA) is 22.3 Å². The molecular weight excluding hydrogens is 122 g/mol. The Morgan fingerprint density at radius 2 is 1.00 bits per heavy atom. The first-order valence-electron chi connectivity index (χ1n) is 3.72. The molecule has 60 valence electrons. The van der Waals surface area contributed by atoms with E-state index in [1.807, 2.05) is 41.5 Å². The normalized spacial score (nSPS) is 13.4. The first kappa shape index (κ1) is 9.67. The van der Waals surface area contributed by atoms with E-state index in [1.165, 1.54) is 0 Å². The van der Waals surface area contributed by atoms with E-state index < -0.39 is 0 Å². The molecule has 0 heterocycles. The van der Waals surface area contributed by atoms with Gasteiger partial charge in [-0.15, -0.1) is 0 Å². The molecule has 1 nitrogen and oxygen atoms in total. The largest absolute Gasteiger partial charge is 0.810 e. The summed E-state index contributed by atoms with van der Waals surface area (Å²) in [5, 5.41) is 9.64. The van der Waals surface area contributed by atoms with Gasteiger partial charge in [-0.1, -0.05) is 41.5 Å². The second-order valence-corrected chi connectivity index (χ2v) is 4.85. The van der Waals surface area contributed by atoms with E-state index in [4.69, 9.17) is 0 Å². The predicted molar refractivity (Wildman–Crippen MR) is 47.3 cm³/mol. The summed E-state index contributed by atoms with van der Waals surface area (Å²) in [4.78, 5) is 0. The second-order valence-electron chi connectivity index (χ2n) is 4.85. The Hall–Kier alpha value is -0.330. The van der Waals surface area contributed by atoms with Gasteiger partial charge in [0.25, 0.3) is 0 Å². The molecule has 0 aliphatic carbocycles. The molecular formula is C9H18N-. The maximum absolute atomic E-state index is 9.64. The fourth-order valence-electron chi connectivity index (χ4n) is 1.12. The van der Waals surface area contributed by atoms with E-state index in [-0.39, 0.29) is 10.8 Å². The molecule has 0 bridgehead atoms. The molecule has 0 unspecified atom stereocenters. The summed E-state index contributed by atoms with van der Waals surface area (Å²) in [6.07, 6.45) is 0. The molecule has 1 heteroatoms. The fourth-order valence-corrected chi connectivity index (χ4v) is 1.12. The number of hydrogen-bond donors (Lipinski definition) is 0. The van der Waals surface area contributed by atoms with Gasteiger partial charge in [0.2, 0.25) is 0 Å². The zero-order valence-corrected chi connectivity index (χ0v) is 7.95. The highest BCUT2D eigenvalue weighted by atomic mass is 14.5. The fraction of sp³-hybridized carbons (Fsp3) is 0.889. The summed E-state index contributed by atoms with van der Waals surface area (Å²) in [5.41, 5.74) is 0.399. The van der Waals surface area contributed by atoms with Crippen molar-refractivity contribution in [3.63, 3.8) is 0 Å². The molecule has 0 spiro atoms. The third-order valence-corrected chi connectivity index (χ3v) is 1.42. The third-order valence-electron chi connectivity index (χ3n) is 1.42. The van der Waals surface area contributed by atoms with Gasteiger partial charge in [0.1, 0.15) is 0 Å². The maximum atomic E-state index is 9.64. The van der Waals surface area contributed by atoms with Gasteiger partial charge in [-0.2, -0.15) is 5.71 Å². The molecule has 0 aromatic heterocycles. The predicted octanol–water partition coefficient (Wildman–Crippen LogP) is 3.09. The van der Waals surface area contributed by atoms with Gasteiger partial charge in [0.15, 0.2) is 0 Å². The van der Waals surface area contributed by atoms with E-state index in [2.05, 4.69) is 0 Å². The van der Waals surface area contributed by atoms with Crippen LogP contribution in [-0.2, 0) is 0 Å². The van der Waals surface area contributed by atoms with Crippen LogP contribution < -0.4 is 0 Å². The van der Waals surface area contributed by atoms with Crippen LogP contribution in [0.1, 0.15) is 41.5 Å². The van der Waals surface area contributed by atoms with Crippen LogP contribution in [0.5, 0.6) is 0 Å². The lowest BCUT2D eigenvalue weighted by Gasteiger charge is -2.39. The van der Waals surface area contributed by atoms with Crippen LogP contribution in [0.4, 0.5) is 0 Å². The standard InChI is InChI=1S/C9H18N/c1-8(2,3)7(10)9(4,5)6/h1-6H3/q-1.